The lowest BCUT2D eigenvalue weighted by Crippen LogP contribution is -2.63. The number of ether oxygens (including phenoxy) is 1. The van der Waals surface area contributed by atoms with Gasteiger partial charge in [0, 0.05) is 12.0 Å². The number of benzene rings is 2. The minimum Gasteiger partial charge on any atom is -0.492 e. The van der Waals surface area contributed by atoms with Crippen LogP contribution in [-0.2, 0) is 33.9 Å². The Morgan fingerprint density at radius 1 is 1.02 bits per heavy atom. The Kier molecular flexibility index (Phi) is 9.53. The highest BCUT2D eigenvalue weighted by Crippen LogP contribution is 2.31. The molecule has 1 aliphatic heterocycles. The number of rotatable bonds is 3. The lowest BCUT2D eigenvalue weighted by Gasteiger charge is -2.32. The number of hydrogen-bond donors (Lipinski definition) is 5. The van der Waals surface area contributed by atoms with Gasteiger partial charge in [0.05, 0.1) is 25.4 Å². The molecule has 2 aliphatic rings. The minimum absolute atomic E-state index is 0.0652. The van der Waals surface area contributed by atoms with Crippen LogP contribution in [0.3, 0.4) is 0 Å². The maximum atomic E-state index is 13.7. The fourth-order valence-corrected chi connectivity index (χ4v) is 5.50. The minimum atomic E-state index is -1.38. The molecule has 2 aromatic carbocycles. The number of nitrogens with zero attached hydrogens (tertiary/aromatic N) is 3. The summed E-state index contributed by atoms with van der Waals surface area (Å²) in [6.45, 7) is 2.06. The predicted molar refractivity (Wildman–Crippen MR) is 158 cm³/mol. The molecule has 1 saturated carbocycles. The van der Waals surface area contributed by atoms with Crippen LogP contribution in [0.2, 0.25) is 0 Å². The molecule has 44 heavy (non-hydrogen) atoms. The first kappa shape index (κ1) is 30.7. The molecule has 0 saturated heterocycles. The average molecular weight is 604 g/mol. The molecule has 4 bridgehead atoms. The number of carbonyl (C=O) groups is 4. The van der Waals surface area contributed by atoms with Crippen LogP contribution in [0.25, 0.3) is 0 Å². The monoisotopic (exact) mass is 603 g/mol. The van der Waals surface area contributed by atoms with E-state index in [4.69, 9.17) is 4.74 Å². The quantitative estimate of drug-likeness (QED) is 0.289. The van der Waals surface area contributed by atoms with Gasteiger partial charge >= 0.3 is 0 Å². The molecule has 13 nitrogen and oxygen atoms in total. The molecule has 13 heteroatoms. The molecule has 232 valence electrons. The second-order valence-corrected chi connectivity index (χ2v) is 11.3. The molecule has 0 radical (unpaired) electrons. The van der Waals surface area contributed by atoms with Crippen molar-refractivity contribution in [1.29, 1.82) is 0 Å². The predicted octanol–water partition coefficient (Wildman–Crippen LogP) is 0.623. The maximum absolute atomic E-state index is 13.7. The lowest BCUT2D eigenvalue weighted by molar-refractivity contribution is -0.136. The molecule has 5 N–H and O–H groups in total. The van der Waals surface area contributed by atoms with Crippen molar-refractivity contribution in [2.75, 3.05) is 6.61 Å². The van der Waals surface area contributed by atoms with Gasteiger partial charge in [0.15, 0.2) is 0 Å². The number of carbonyl (C=O) groups excluding carboxylic acids is 4. The van der Waals surface area contributed by atoms with Crippen molar-refractivity contribution in [2.45, 2.75) is 75.8 Å². The summed E-state index contributed by atoms with van der Waals surface area (Å²) in [5, 5.41) is 29.9. The molecule has 3 aromatic rings. The number of aromatic nitrogens is 3. The van der Waals surface area contributed by atoms with Gasteiger partial charge in [-0.2, -0.15) is 0 Å². The van der Waals surface area contributed by atoms with Crippen LogP contribution < -0.4 is 26.0 Å². The van der Waals surface area contributed by atoms with E-state index in [0.29, 0.717) is 49.2 Å². The van der Waals surface area contributed by atoms with Crippen LogP contribution in [0.5, 0.6) is 5.75 Å². The number of aliphatic hydroxyl groups excluding tert-OH is 1. The van der Waals surface area contributed by atoms with Crippen molar-refractivity contribution in [1.82, 2.24) is 36.3 Å². The fourth-order valence-electron chi connectivity index (χ4n) is 5.50. The average Bonchev–Trinajstić information content (AvgIpc) is 3.68. The van der Waals surface area contributed by atoms with Gasteiger partial charge in [-0.25, -0.2) is 4.68 Å². The second kappa shape index (κ2) is 13.7. The molecule has 4 amide bonds. The Hall–Kier alpha value is -4.78. The van der Waals surface area contributed by atoms with E-state index in [2.05, 4.69) is 31.6 Å². The summed E-state index contributed by atoms with van der Waals surface area (Å²) in [4.78, 5) is 54.0. The van der Waals surface area contributed by atoms with Crippen molar-refractivity contribution in [3.8, 4) is 5.75 Å². The smallest absolute Gasteiger partial charge is 0.252 e. The van der Waals surface area contributed by atoms with Crippen LogP contribution in [0, 0.1) is 0 Å². The number of nitrogens with one attached hydrogen (secondary N) is 4. The summed E-state index contributed by atoms with van der Waals surface area (Å²) in [6, 6.07) is 13.4. The van der Waals surface area contributed by atoms with Crippen molar-refractivity contribution in [3.05, 3.63) is 77.6 Å². The second-order valence-electron chi connectivity index (χ2n) is 11.3. The summed E-state index contributed by atoms with van der Waals surface area (Å²) >= 11 is 0. The van der Waals surface area contributed by atoms with Gasteiger partial charge in [0.25, 0.3) is 5.91 Å². The highest BCUT2D eigenvalue weighted by Gasteiger charge is 2.44. The number of aliphatic hydroxyl groups is 1. The third kappa shape index (κ3) is 7.40. The number of hydrogen-bond acceptors (Lipinski definition) is 8. The largest absolute Gasteiger partial charge is 0.492 e. The van der Waals surface area contributed by atoms with Crippen LogP contribution in [0.4, 0.5) is 0 Å². The summed E-state index contributed by atoms with van der Waals surface area (Å²) in [5.74, 6) is -1.77. The van der Waals surface area contributed by atoms with Crippen LogP contribution in [0.1, 0.15) is 54.2 Å². The van der Waals surface area contributed by atoms with Gasteiger partial charge in [0.1, 0.15) is 35.7 Å². The Bertz CT molecular complexity index is 1490. The fraction of sp³-hybridized carbons (Fsp3) is 0.419. The first-order chi connectivity index (χ1) is 21.2. The van der Waals surface area contributed by atoms with Crippen LogP contribution in [-0.4, -0.2) is 74.1 Å². The Morgan fingerprint density at radius 2 is 1.80 bits per heavy atom. The van der Waals surface area contributed by atoms with Crippen LogP contribution >= 0.6 is 0 Å². The van der Waals surface area contributed by atoms with Gasteiger partial charge in [0.2, 0.25) is 17.7 Å². The SMILES string of the molecule is C[C@@H](O)[C@@H]1NC(=O)C2(CCCC2)NC(=O)c2cccc(c2)OCCn2cc(nn2)CNC(=O)[C@@H](Cc2ccccc2)NC1=O. The van der Waals surface area contributed by atoms with E-state index in [1.807, 2.05) is 30.3 Å². The van der Waals surface area contributed by atoms with E-state index in [0.717, 1.165) is 5.56 Å². The molecule has 0 unspecified atom stereocenters. The van der Waals surface area contributed by atoms with E-state index in [1.165, 1.54) is 6.92 Å². The summed E-state index contributed by atoms with van der Waals surface area (Å²) in [7, 11) is 0. The Morgan fingerprint density at radius 3 is 2.55 bits per heavy atom. The molecule has 1 spiro atoms. The third-order valence-corrected chi connectivity index (χ3v) is 7.93. The topological polar surface area (TPSA) is 177 Å². The zero-order chi connectivity index (χ0) is 31.1. The highest BCUT2D eigenvalue weighted by atomic mass is 16.5. The standard InChI is InChI=1S/C31H37N7O6/c1-20(39)26-29(42)33-25(16-21-8-3-2-4-9-21)28(41)32-18-23-19-38(37-36-23)14-15-44-24-11-7-10-22(17-24)27(40)35-31(30(43)34-26)12-5-6-13-31/h2-4,7-11,17,19-20,25-26,39H,5-6,12-16,18H2,1H3,(H,32,41)(H,33,42)(H,34,43)(H,35,40)/t20-,25-,26+/m1/s1. The van der Waals surface area contributed by atoms with Gasteiger partial charge in [-0.1, -0.05) is 54.5 Å². The van der Waals surface area contributed by atoms with Crippen molar-refractivity contribution >= 4 is 23.6 Å². The van der Waals surface area contributed by atoms with E-state index in [-0.39, 0.29) is 19.6 Å². The zero-order valence-corrected chi connectivity index (χ0v) is 24.5. The molecule has 5 rings (SSSR count). The molecular weight excluding hydrogens is 566 g/mol. The van der Waals surface area contributed by atoms with Crippen molar-refractivity contribution in [2.24, 2.45) is 0 Å². The van der Waals surface area contributed by atoms with E-state index < -0.39 is 47.4 Å². The molecule has 2 heterocycles. The van der Waals surface area contributed by atoms with Crippen LogP contribution in [0.15, 0.2) is 60.8 Å². The summed E-state index contributed by atoms with van der Waals surface area (Å²) in [6.07, 6.45) is 2.69. The first-order valence-corrected chi connectivity index (χ1v) is 14.8. The van der Waals surface area contributed by atoms with E-state index in [1.54, 1.807) is 35.1 Å². The molecular formula is C31H37N7O6. The lowest BCUT2D eigenvalue weighted by atomic mass is 9.94. The summed E-state index contributed by atoms with van der Waals surface area (Å²) in [5.41, 5.74) is 0.349. The maximum Gasteiger partial charge on any atom is 0.252 e. The number of amides is 4. The van der Waals surface area contributed by atoms with Gasteiger partial charge in [-0.3, -0.25) is 19.2 Å². The molecule has 1 aliphatic carbocycles. The molecule has 3 atom stereocenters. The van der Waals surface area contributed by atoms with Crippen molar-refractivity contribution in [3.63, 3.8) is 0 Å². The first-order valence-electron chi connectivity index (χ1n) is 14.8. The zero-order valence-electron chi connectivity index (χ0n) is 24.5. The normalized spacial score (nSPS) is 22.0. The number of fused-ring (bicyclic) bond motifs is 4. The van der Waals surface area contributed by atoms with Crippen molar-refractivity contribution < 1.29 is 29.0 Å². The summed E-state index contributed by atoms with van der Waals surface area (Å²) < 4.78 is 7.43. The van der Waals surface area contributed by atoms with E-state index in [9.17, 15) is 24.3 Å². The third-order valence-electron chi connectivity index (χ3n) is 7.93. The highest BCUT2D eigenvalue weighted by molar-refractivity contribution is 6.01. The Balaban J connectivity index is 1.44. The van der Waals surface area contributed by atoms with Gasteiger partial charge in [-0.05, 0) is 43.5 Å². The van der Waals surface area contributed by atoms with E-state index >= 15 is 0 Å². The Labute approximate surface area is 254 Å². The molecule has 1 aromatic heterocycles. The van der Waals surface area contributed by atoms with Gasteiger partial charge in [-0.15, -0.1) is 5.10 Å². The molecule has 1 fully saturated rings. The van der Waals surface area contributed by atoms with Gasteiger partial charge < -0.3 is 31.1 Å².